The highest BCUT2D eigenvalue weighted by molar-refractivity contribution is 5.02. The maximum atomic E-state index is 5.71. The summed E-state index contributed by atoms with van der Waals surface area (Å²) in [5.74, 6) is 1.26. The van der Waals surface area contributed by atoms with E-state index in [4.69, 9.17) is 9.26 Å². The molecule has 1 saturated heterocycles. The molecule has 102 valence electrons. The zero-order chi connectivity index (χ0) is 13.2. The first-order chi connectivity index (χ1) is 9.24. The first-order valence-corrected chi connectivity index (χ1v) is 6.38. The highest BCUT2D eigenvalue weighted by atomic mass is 16.5. The minimum absolute atomic E-state index is 0.0155. The number of rotatable bonds is 3. The lowest BCUT2D eigenvalue weighted by atomic mass is 10.1. The first kappa shape index (κ1) is 12.3. The van der Waals surface area contributed by atoms with Crippen LogP contribution in [0.4, 0.5) is 0 Å². The number of morpholine rings is 1. The van der Waals surface area contributed by atoms with E-state index in [2.05, 4.69) is 25.2 Å². The quantitative estimate of drug-likeness (QED) is 0.892. The summed E-state index contributed by atoms with van der Waals surface area (Å²) in [7, 11) is 0. The van der Waals surface area contributed by atoms with Gasteiger partial charge in [0.15, 0.2) is 5.82 Å². The minimum atomic E-state index is -0.0155. The van der Waals surface area contributed by atoms with E-state index in [0.29, 0.717) is 18.3 Å². The molecule has 2 atom stereocenters. The van der Waals surface area contributed by atoms with Crippen molar-refractivity contribution in [2.24, 2.45) is 0 Å². The molecule has 1 aliphatic heterocycles. The van der Waals surface area contributed by atoms with Crippen LogP contribution in [0.5, 0.6) is 0 Å². The number of nitrogens with zero attached hydrogens (tertiary/aromatic N) is 4. The van der Waals surface area contributed by atoms with Crippen LogP contribution in [0.1, 0.15) is 30.4 Å². The molecule has 0 aromatic carbocycles. The molecule has 1 N–H and O–H groups in total. The van der Waals surface area contributed by atoms with Crippen molar-refractivity contribution >= 4 is 0 Å². The number of H-pyrrole nitrogens is 1. The van der Waals surface area contributed by atoms with E-state index in [1.807, 2.05) is 19.9 Å². The van der Waals surface area contributed by atoms with Crippen LogP contribution in [-0.4, -0.2) is 44.5 Å². The van der Waals surface area contributed by atoms with E-state index in [1.54, 1.807) is 6.20 Å². The second-order valence-electron chi connectivity index (χ2n) is 4.75. The second-order valence-corrected chi connectivity index (χ2v) is 4.75. The molecule has 0 unspecified atom stereocenters. The third-order valence-electron chi connectivity index (χ3n) is 3.33. The normalized spacial score (nSPS) is 24.7. The summed E-state index contributed by atoms with van der Waals surface area (Å²) in [6, 6.07) is 1.95. The summed E-state index contributed by atoms with van der Waals surface area (Å²) >= 11 is 0. The molecule has 2 aromatic heterocycles. The lowest BCUT2D eigenvalue weighted by molar-refractivity contribution is -0.0767. The number of ether oxygens (including phenoxy) is 1. The monoisotopic (exact) mass is 263 g/mol. The maximum Gasteiger partial charge on any atom is 0.246 e. The summed E-state index contributed by atoms with van der Waals surface area (Å²) < 4.78 is 11.0. The van der Waals surface area contributed by atoms with E-state index < -0.39 is 0 Å². The molecule has 19 heavy (non-hydrogen) atoms. The van der Waals surface area contributed by atoms with Gasteiger partial charge in [0.05, 0.1) is 12.7 Å². The van der Waals surface area contributed by atoms with Crippen molar-refractivity contribution in [3.8, 4) is 0 Å². The van der Waals surface area contributed by atoms with Gasteiger partial charge >= 0.3 is 0 Å². The van der Waals surface area contributed by atoms with Gasteiger partial charge in [-0.1, -0.05) is 5.16 Å². The van der Waals surface area contributed by atoms with Crippen LogP contribution >= 0.6 is 0 Å². The fraction of sp³-hybridized carbons (Fsp3) is 0.583. The molecule has 0 saturated carbocycles. The number of aryl methyl sites for hydroxylation is 1. The predicted molar refractivity (Wildman–Crippen MR) is 66.2 cm³/mol. The molecule has 7 nitrogen and oxygen atoms in total. The Bertz CT molecular complexity index is 524. The van der Waals surface area contributed by atoms with Gasteiger partial charge in [-0.3, -0.25) is 10.00 Å². The molecule has 0 radical (unpaired) electrons. The van der Waals surface area contributed by atoms with Crippen molar-refractivity contribution in [1.82, 2.24) is 25.2 Å². The van der Waals surface area contributed by atoms with Crippen LogP contribution in [0.3, 0.4) is 0 Å². The third-order valence-corrected chi connectivity index (χ3v) is 3.33. The number of aromatic nitrogens is 4. The lowest BCUT2D eigenvalue weighted by Gasteiger charge is -2.37. The first-order valence-electron chi connectivity index (χ1n) is 6.38. The third kappa shape index (κ3) is 2.52. The summed E-state index contributed by atoms with van der Waals surface area (Å²) in [5.41, 5.74) is 1.07. The van der Waals surface area contributed by atoms with Crippen molar-refractivity contribution < 1.29 is 9.26 Å². The summed E-state index contributed by atoms with van der Waals surface area (Å²) in [5, 5.41) is 10.8. The van der Waals surface area contributed by atoms with Gasteiger partial charge in [0.2, 0.25) is 5.89 Å². The number of nitrogens with one attached hydrogen (secondary N) is 1. The van der Waals surface area contributed by atoms with E-state index in [-0.39, 0.29) is 12.1 Å². The molecule has 0 spiro atoms. The maximum absolute atomic E-state index is 5.71. The van der Waals surface area contributed by atoms with Gasteiger partial charge < -0.3 is 9.26 Å². The van der Waals surface area contributed by atoms with Crippen LogP contribution in [-0.2, 0) is 11.3 Å². The van der Waals surface area contributed by atoms with Crippen LogP contribution in [0.2, 0.25) is 0 Å². The van der Waals surface area contributed by atoms with E-state index in [9.17, 15) is 0 Å². The zero-order valence-electron chi connectivity index (χ0n) is 11.0. The fourth-order valence-electron chi connectivity index (χ4n) is 2.44. The predicted octanol–water partition coefficient (Wildman–Crippen LogP) is 1.06. The van der Waals surface area contributed by atoms with Crippen LogP contribution in [0, 0.1) is 6.92 Å². The Morgan fingerprint density at radius 2 is 2.42 bits per heavy atom. The number of hydrogen-bond acceptors (Lipinski definition) is 6. The summed E-state index contributed by atoms with van der Waals surface area (Å²) in [6.07, 6.45) is 1.78. The van der Waals surface area contributed by atoms with Crippen LogP contribution in [0.15, 0.2) is 16.8 Å². The summed E-state index contributed by atoms with van der Waals surface area (Å²) in [4.78, 5) is 6.61. The lowest BCUT2D eigenvalue weighted by Crippen LogP contribution is -2.43. The van der Waals surface area contributed by atoms with E-state index in [0.717, 1.165) is 18.8 Å². The standard InChI is InChI=1S/C12H17N5O2/c1-8-11(12-14-9(2)16-19-12)17(5-6-18-8)7-10-3-4-13-15-10/h3-4,8,11H,5-7H2,1-2H3,(H,13,15)/t8-,11+/m1/s1. The smallest absolute Gasteiger partial charge is 0.246 e. The Labute approximate surface area is 110 Å². The highest BCUT2D eigenvalue weighted by Crippen LogP contribution is 2.29. The Balaban J connectivity index is 1.83. The van der Waals surface area contributed by atoms with Gasteiger partial charge in [0.25, 0.3) is 0 Å². The van der Waals surface area contributed by atoms with Crippen molar-refractivity contribution in [3.63, 3.8) is 0 Å². The van der Waals surface area contributed by atoms with Gasteiger partial charge in [0.1, 0.15) is 6.04 Å². The minimum Gasteiger partial charge on any atom is -0.375 e. The number of aromatic amines is 1. The zero-order valence-corrected chi connectivity index (χ0v) is 11.0. The Morgan fingerprint density at radius 3 is 3.11 bits per heavy atom. The molecule has 0 amide bonds. The van der Waals surface area contributed by atoms with Crippen LogP contribution in [0.25, 0.3) is 0 Å². The Morgan fingerprint density at radius 1 is 1.53 bits per heavy atom. The molecule has 3 heterocycles. The molecular weight excluding hydrogens is 246 g/mol. The molecule has 1 fully saturated rings. The topological polar surface area (TPSA) is 80.1 Å². The average molecular weight is 263 g/mol. The molecule has 0 aliphatic carbocycles. The largest absolute Gasteiger partial charge is 0.375 e. The van der Waals surface area contributed by atoms with Gasteiger partial charge in [-0.15, -0.1) is 0 Å². The van der Waals surface area contributed by atoms with E-state index >= 15 is 0 Å². The average Bonchev–Trinajstić information content (AvgIpc) is 3.01. The molecule has 7 heteroatoms. The molecule has 2 aromatic rings. The Kier molecular flexibility index (Phi) is 3.31. The SMILES string of the molecule is Cc1noc([C@@H]2[C@@H](C)OCCN2Cc2ccn[nH]2)n1. The molecular formula is C12H17N5O2. The van der Waals surface area contributed by atoms with Crippen molar-refractivity contribution in [3.05, 3.63) is 29.7 Å². The van der Waals surface area contributed by atoms with Crippen molar-refractivity contribution in [2.45, 2.75) is 32.5 Å². The van der Waals surface area contributed by atoms with Crippen molar-refractivity contribution in [1.29, 1.82) is 0 Å². The van der Waals surface area contributed by atoms with Gasteiger partial charge in [0, 0.05) is 25.0 Å². The molecule has 3 rings (SSSR count). The summed E-state index contributed by atoms with van der Waals surface area (Å²) in [6.45, 7) is 6.15. The fourth-order valence-corrected chi connectivity index (χ4v) is 2.44. The van der Waals surface area contributed by atoms with E-state index in [1.165, 1.54) is 0 Å². The molecule has 0 bridgehead atoms. The van der Waals surface area contributed by atoms with Gasteiger partial charge in [-0.25, -0.2) is 0 Å². The van der Waals surface area contributed by atoms with Crippen molar-refractivity contribution in [2.75, 3.05) is 13.2 Å². The molecule has 1 aliphatic rings. The van der Waals surface area contributed by atoms with Gasteiger partial charge in [-0.05, 0) is 19.9 Å². The number of hydrogen-bond donors (Lipinski definition) is 1. The second kappa shape index (κ2) is 5.10. The Hall–Kier alpha value is -1.73. The van der Waals surface area contributed by atoms with Gasteiger partial charge in [-0.2, -0.15) is 10.1 Å². The van der Waals surface area contributed by atoms with Crippen LogP contribution < -0.4 is 0 Å². The highest BCUT2D eigenvalue weighted by Gasteiger charge is 2.35.